The minimum Gasteiger partial charge on any atom is -0.351 e. The van der Waals surface area contributed by atoms with Crippen molar-refractivity contribution in [2.75, 3.05) is 16.4 Å². The number of nitrogens with one attached hydrogen (secondary N) is 2. The van der Waals surface area contributed by atoms with Gasteiger partial charge in [-0.25, -0.2) is 13.6 Å². The maximum absolute atomic E-state index is 13.4. The number of carbonyl (C=O) groups excluding carboxylic acids is 2. The first-order valence-electron chi connectivity index (χ1n) is 6.48. The Hall–Kier alpha value is -2.61. The minimum absolute atomic E-state index is 0.0240. The molecule has 8 heteroatoms. The van der Waals surface area contributed by atoms with Crippen molar-refractivity contribution in [3.05, 3.63) is 54.1 Å². The molecule has 2 aromatic rings. The van der Waals surface area contributed by atoms with Crippen molar-refractivity contribution in [2.24, 2.45) is 5.73 Å². The van der Waals surface area contributed by atoms with Crippen LogP contribution in [0, 0.1) is 11.6 Å². The molecule has 23 heavy (non-hydrogen) atoms. The molecule has 0 spiro atoms. The van der Waals surface area contributed by atoms with Gasteiger partial charge >= 0.3 is 6.03 Å². The Morgan fingerprint density at radius 3 is 2.17 bits per heavy atom. The Bertz CT molecular complexity index is 723. The average Bonchev–Trinajstić information content (AvgIpc) is 2.48. The average molecular weight is 337 g/mol. The zero-order valence-corrected chi connectivity index (χ0v) is 12.6. The molecule has 0 aliphatic heterocycles. The van der Waals surface area contributed by atoms with Gasteiger partial charge in [0.1, 0.15) is 11.6 Å². The first-order valence-corrected chi connectivity index (χ1v) is 7.47. The van der Waals surface area contributed by atoms with Gasteiger partial charge < -0.3 is 16.4 Å². The van der Waals surface area contributed by atoms with Gasteiger partial charge in [-0.05, 0) is 36.4 Å². The Kier molecular flexibility index (Phi) is 5.53. The number of thioether (sulfide) groups is 1. The Labute approximate surface area is 135 Å². The predicted molar refractivity (Wildman–Crippen MR) is 85.4 cm³/mol. The quantitative estimate of drug-likeness (QED) is 0.733. The second kappa shape index (κ2) is 7.59. The van der Waals surface area contributed by atoms with Gasteiger partial charge in [-0.1, -0.05) is 0 Å². The summed E-state index contributed by atoms with van der Waals surface area (Å²) in [6.45, 7) is 0. The lowest BCUT2D eigenvalue weighted by molar-refractivity contribution is -0.113. The van der Waals surface area contributed by atoms with Gasteiger partial charge in [-0.3, -0.25) is 4.79 Å². The molecule has 0 aliphatic carbocycles. The molecule has 0 bridgehead atoms. The Morgan fingerprint density at radius 1 is 1.00 bits per heavy atom. The van der Waals surface area contributed by atoms with Crippen molar-refractivity contribution in [3.8, 4) is 0 Å². The van der Waals surface area contributed by atoms with Gasteiger partial charge in [-0.2, -0.15) is 0 Å². The highest BCUT2D eigenvalue weighted by Gasteiger charge is 2.08. The Balaban J connectivity index is 1.88. The summed E-state index contributed by atoms with van der Waals surface area (Å²) in [6, 6.07) is 8.84. The van der Waals surface area contributed by atoms with Gasteiger partial charge in [0.2, 0.25) is 5.91 Å². The summed E-state index contributed by atoms with van der Waals surface area (Å²) in [4.78, 5) is 22.7. The number of anilines is 2. The van der Waals surface area contributed by atoms with E-state index in [0.29, 0.717) is 11.4 Å². The van der Waals surface area contributed by atoms with Crippen LogP contribution in [-0.2, 0) is 4.79 Å². The van der Waals surface area contributed by atoms with Crippen LogP contribution < -0.4 is 16.4 Å². The number of primary amides is 1. The minimum atomic E-state index is -0.704. The van der Waals surface area contributed by atoms with E-state index in [1.807, 2.05) is 0 Å². The van der Waals surface area contributed by atoms with E-state index in [4.69, 9.17) is 5.73 Å². The molecule has 4 N–H and O–H groups in total. The third kappa shape index (κ3) is 5.26. The summed E-state index contributed by atoms with van der Waals surface area (Å²) < 4.78 is 26.2. The van der Waals surface area contributed by atoms with E-state index < -0.39 is 17.7 Å². The van der Waals surface area contributed by atoms with Crippen LogP contribution in [0.3, 0.4) is 0 Å². The monoisotopic (exact) mass is 337 g/mol. The number of benzene rings is 2. The van der Waals surface area contributed by atoms with E-state index in [-0.39, 0.29) is 16.6 Å². The number of hydrogen-bond acceptors (Lipinski definition) is 3. The van der Waals surface area contributed by atoms with Crippen molar-refractivity contribution in [2.45, 2.75) is 4.90 Å². The molecule has 2 rings (SSSR count). The molecule has 0 aliphatic rings. The van der Waals surface area contributed by atoms with Crippen LogP contribution in [0.5, 0.6) is 0 Å². The highest BCUT2D eigenvalue weighted by molar-refractivity contribution is 8.00. The second-order valence-electron chi connectivity index (χ2n) is 4.48. The molecule has 0 aromatic heterocycles. The second-order valence-corrected chi connectivity index (χ2v) is 5.50. The number of hydrogen-bond donors (Lipinski definition) is 3. The number of urea groups is 1. The smallest absolute Gasteiger partial charge is 0.316 e. The van der Waals surface area contributed by atoms with E-state index in [1.165, 1.54) is 6.07 Å². The molecule has 0 heterocycles. The fourth-order valence-electron chi connectivity index (χ4n) is 1.71. The normalized spacial score (nSPS) is 10.2. The first-order chi connectivity index (χ1) is 10.9. The molecule has 0 atom stereocenters. The van der Waals surface area contributed by atoms with Crippen molar-refractivity contribution in [1.29, 1.82) is 0 Å². The number of halogens is 2. The number of carbonyl (C=O) groups is 2. The maximum Gasteiger partial charge on any atom is 0.316 e. The maximum atomic E-state index is 13.4. The van der Waals surface area contributed by atoms with E-state index in [1.54, 1.807) is 24.3 Å². The standard InChI is InChI=1S/C15H13F2N3O2S/c16-9-1-6-13(12(17)7-9)23-8-14(21)19-10-2-4-11(5-3-10)20-15(18)22/h1-7H,8H2,(H,19,21)(H3,18,20,22). The molecule has 0 radical (unpaired) electrons. The summed E-state index contributed by atoms with van der Waals surface area (Å²) in [6.07, 6.45) is 0. The fraction of sp³-hybridized carbons (Fsp3) is 0.0667. The van der Waals surface area contributed by atoms with Crippen LogP contribution in [0.15, 0.2) is 47.4 Å². The van der Waals surface area contributed by atoms with Crippen LogP contribution in [0.4, 0.5) is 25.0 Å². The molecule has 0 unspecified atom stereocenters. The van der Waals surface area contributed by atoms with Crippen molar-refractivity contribution in [1.82, 2.24) is 0 Å². The van der Waals surface area contributed by atoms with Crippen LogP contribution in [0.1, 0.15) is 0 Å². The lowest BCUT2D eigenvalue weighted by Crippen LogP contribution is -2.19. The summed E-state index contributed by atoms with van der Waals surface area (Å²) in [7, 11) is 0. The number of amides is 3. The summed E-state index contributed by atoms with van der Waals surface area (Å²) >= 11 is 0.967. The van der Waals surface area contributed by atoms with Crippen LogP contribution >= 0.6 is 11.8 Å². The topological polar surface area (TPSA) is 84.2 Å². The molecule has 120 valence electrons. The number of rotatable bonds is 5. The SMILES string of the molecule is NC(=O)Nc1ccc(NC(=O)CSc2ccc(F)cc2F)cc1. The van der Waals surface area contributed by atoms with Gasteiger partial charge in [0.25, 0.3) is 0 Å². The van der Waals surface area contributed by atoms with Crippen molar-refractivity contribution < 1.29 is 18.4 Å². The Morgan fingerprint density at radius 2 is 1.61 bits per heavy atom. The highest BCUT2D eigenvalue weighted by Crippen LogP contribution is 2.22. The van der Waals surface area contributed by atoms with Crippen LogP contribution in [0.25, 0.3) is 0 Å². The van der Waals surface area contributed by atoms with Crippen molar-refractivity contribution >= 4 is 35.1 Å². The lowest BCUT2D eigenvalue weighted by atomic mass is 10.3. The highest BCUT2D eigenvalue weighted by atomic mass is 32.2. The largest absolute Gasteiger partial charge is 0.351 e. The molecule has 2 aromatic carbocycles. The first kappa shape index (κ1) is 16.8. The van der Waals surface area contributed by atoms with Gasteiger partial charge in [-0.15, -0.1) is 11.8 Å². The summed E-state index contributed by atoms with van der Waals surface area (Å²) in [5, 5.41) is 5.02. The third-order valence-electron chi connectivity index (χ3n) is 2.69. The van der Waals surface area contributed by atoms with E-state index >= 15 is 0 Å². The van der Waals surface area contributed by atoms with Crippen LogP contribution in [-0.4, -0.2) is 17.7 Å². The lowest BCUT2D eigenvalue weighted by Gasteiger charge is -2.07. The molecule has 0 saturated carbocycles. The molecule has 0 saturated heterocycles. The zero-order valence-electron chi connectivity index (χ0n) is 11.8. The van der Waals surface area contributed by atoms with Gasteiger partial charge in [0.15, 0.2) is 0 Å². The molecular weight excluding hydrogens is 324 g/mol. The molecule has 3 amide bonds. The summed E-state index contributed by atoms with van der Waals surface area (Å²) in [5.74, 6) is -1.73. The summed E-state index contributed by atoms with van der Waals surface area (Å²) in [5.41, 5.74) is 6.00. The van der Waals surface area contributed by atoms with Gasteiger partial charge in [0, 0.05) is 22.3 Å². The third-order valence-corrected chi connectivity index (χ3v) is 3.74. The van der Waals surface area contributed by atoms with E-state index in [9.17, 15) is 18.4 Å². The van der Waals surface area contributed by atoms with Crippen molar-refractivity contribution in [3.63, 3.8) is 0 Å². The van der Waals surface area contributed by atoms with Crippen LogP contribution in [0.2, 0.25) is 0 Å². The molecular formula is C15H13F2N3O2S. The number of nitrogens with two attached hydrogens (primary N) is 1. The fourth-order valence-corrected chi connectivity index (χ4v) is 2.43. The van der Waals surface area contributed by atoms with E-state index in [2.05, 4.69) is 10.6 Å². The molecule has 5 nitrogen and oxygen atoms in total. The predicted octanol–water partition coefficient (Wildman–Crippen LogP) is 3.19. The van der Waals surface area contributed by atoms with E-state index in [0.717, 1.165) is 23.9 Å². The van der Waals surface area contributed by atoms with Gasteiger partial charge in [0.05, 0.1) is 5.75 Å². The molecule has 0 fully saturated rings. The zero-order chi connectivity index (χ0) is 16.8.